The van der Waals surface area contributed by atoms with Crippen LogP contribution in [0.5, 0.6) is 11.5 Å². The Kier molecular flexibility index (Phi) is 6.22. The summed E-state index contributed by atoms with van der Waals surface area (Å²) in [6.45, 7) is 5.69. The zero-order valence-corrected chi connectivity index (χ0v) is 17.5. The number of aromatic hydroxyl groups is 2. The van der Waals surface area contributed by atoms with Crippen LogP contribution >= 0.6 is 11.3 Å². The van der Waals surface area contributed by atoms with Gasteiger partial charge in [0.25, 0.3) is 5.91 Å². The number of carbonyl (C=O) groups excluding carboxylic acids is 2. The Bertz CT molecular complexity index is 1160. The summed E-state index contributed by atoms with van der Waals surface area (Å²) in [7, 11) is 0. The van der Waals surface area contributed by atoms with Crippen LogP contribution in [0.15, 0.2) is 47.6 Å². The number of carbonyl (C=O) groups is 2. The summed E-state index contributed by atoms with van der Waals surface area (Å²) in [4.78, 5) is 25.5. The third-order valence-corrected chi connectivity index (χ3v) is 5.40. The summed E-state index contributed by atoms with van der Waals surface area (Å²) in [5, 5.41) is 23.6. The molecule has 30 heavy (non-hydrogen) atoms. The number of rotatable bonds is 5. The number of hydrogen-bond donors (Lipinski definition) is 3. The maximum absolute atomic E-state index is 12.4. The molecule has 3 rings (SSSR count). The van der Waals surface area contributed by atoms with Gasteiger partial charge in [-0.15, -0.1) is 5.10 Å². The van der Waals surface area contributed by atoms with Gasteiger partial charge in [-0.1, -0.05) is 29.0 Å². The molecule has 0 aliphatic rings. The Labute approximate surface area is 176 Å². The standard InChI is InChI=1S/C21H21N3O5S/c1-4-29-20(28)18-13(3)24(14-7-5-12(2)6-8-14)21(30-18)23-22-19(27)16-11-15(25)9-10-17(16)26/h5-11,25-26H,4H2,1-3H3,(H,22,27)/b23-21+. The first kappa shape index (κ1) is 21.1. The second-order valence-electron chi connectivity index (χ2n) is 6.44. The Morgan fingerprint density at radius 3 is 2.50 bits per heavy atom. The molecule has 1 aromatic heterocycles. The number of phenols is 2. The minimum atomic E-state index is -0.706. The molecule has 0 bridgehead atoms. The quantitative estimate of drug-likeness (QED) is 0.329. The zero-order valence-electron chi connectivity index (χ0n) is 16.7. The lowest BCUT2D eigenvalue weighted by Crippen LogP contribution is -2.24. The highest BCUT2D eigenvalue weighted by Gasteiger charge is 2.19. The topological polar surface area (TPSA) is 113 Å². The number of esters is 1. The first-order chi connectivity index (χ1) is 14.3. The van der Waals surface area contributed by atoms with Gasteiger partial charge in [0.2, 0.25) is 4.80 Å². The fourth-order valence-corrected chi connectivity index (χ4v) is 3.77. The van der Waals surface area contributed by atoms with Crippen LogP contribution < -0.4 is 10.2 Å². The van der Waals surface area contributed by atoms with E-state index in [1.807, 2.05) is 31.2 Å². The molecule has 156 valence electrons. The van der Waals surface area contributed by atoms with Crippen molar-refractivity contribution in [3.05, 3.63) is 69.0 Å². The first-order valence-electron chi connectivity index (χ1n) is 9.14. The fourth-order valence-electron chi connectivity index (χ4n) is 2.78. The number of amides is 1. The number of phenolic OH excluding ortho intramolecular Hbond substituents is 2. The van der Waals surface area contributed by atoms with Crippen LogP contribution in [-0.4, -0.2) is 33.3 Å². The van der Waals surface area contributed by atoms with E-state index in [2.05, 4.69) is 10.5 Å². The molecule has 3 N–H and O–H groups in total. The van der Waals surface area contributed by atoms with E-state index in [9.17, 15) is 19.8 Å². The van der Waals surface area contributed by atoms with E-state index in [0.29, 0.717) is 15.4 Å². The molecule has 2 aromatic carbocycles. The Hall–Kier alpha value is -3.59. The number of nitrogens with one attached hydrogen (secondary N) is 1. The van der Waals surface area contributed by atoms with Crippen molar-refractivity contribution in [1.82, 2.24) is 9.99 Å². The van der Waals surface area contributed by atoms with Crippen LogP contribution in [-0.2, 0) is 4.74 Å². The highest BCUT2D eigenvalue weighted by Crippen LogP contribution is 2.22. The molecule has 0 radical (unpaired) electrons. The minimum Gasteiger partial charge on any atom is -0.508 e. The van der Waals surface area contributed by atoms with Crippen LogP contribution in [0, 0.1) is 13.8 Å². The highest BCUT2D eigenvalue weighted by molar-refractivity contribution is 7.11. The highest BCUT2D eigenvalue weighted by atomic mass is 32.1. The monoisotopic (exact) mass is 427 g/mol. The predicted octanol–water partition coefficient (Wildman–Crippen LogP) is 2.99. The number of ether oxygens (including phenoxy) is 1. The van der Waals surface area contributed by atoms with Crippen molar-refractivity contribution in [1.29, 1.82) is 0 Å². The van der Waals surface area contributed by atoms with E-state index < -0.39 is 11.9 Å². The first-order valence-corrected chi connectivity index (χ1v) is 9.96. The van der Waals surface area contributed by atoms with E-state index in [4.69, 9.17) is 4.74 Å². The average molecular weight is 427 g/mol. The Morgan fingerprint density at radius 2 is 1.83 bits per heavy atom. The molecule has 1 heterocycles. The van der Waals surface area contributed by atoms with E-state index >= 15 is 0 Å². The summed E-state index contributed by atoms with van der Waals surface area (Å²) in [6.07, 6.45) is 0. The molecule has 0 saturated carbocycles. The van der Waals surface area contributed by atoms with Crippen molar-refractivity contribution in [3.8, 4) is 17.2 Å². The number of hydrogen-bond acceptors (Lipinski definition) is 7. The molecule has 0 fully saturated rings. The van der Waals surface area contributed by atoms with E-state index in [1.54, 1.807) is 18.4 Å². The van der Waals surface area contributed by atoms with Crippen LogP contribution in [0.25, 0.3) is 5.69 Å². The van der Waals surface area contributed by atoms with Crippen molar-refractivity contribution < 1.29 is 24.5 Å². The third-order valence-electron chi connectivity index (χ3n) is 4.28. The van der Waals surface area contributed by atoms with E-state index in [1.165, 1.54) is 12.1 Å². The molecule has 0 unspecified atom stereocenters. The van der Waals surface area contributed by atoms with Crippen molar-refractivity contribution in [2.75, 3.05) is 6.61 Å². The van der Waals surface area contributed by atoms with Crippen LogP contribution in [0.1, 0.15) is 38.2 Å². The number of nitrogens with zero attached hydrogens (tertiary/aromatic N) is 2. The summed E-state index contributed by atoms with van der Waals surface area (Å²) < 4.78 is 6.86. The molecule has 0 atom stereocenters. The lowest BCUT2D eigenvalue weighted by atomic mass is 10.2. The summed E-state index contributed by atoms with van der Waals surface area (Å²) in [5.41, 5.74) is 4.70. The van der Waals surface area contributed by atoms with Gasteiger partial charge in [-0.2, -0.15) is 0 Å². The van der Waals surface area contributed by atoms with Crippen LogP contribution in [0.4, 0.5) is 0 Å². The molecule has 0 aliphatic heterocycles. The van der Waals surface area contributed by atoms with Crippen LogP contribution in [0.2, 0.25) is 0 Å². The number of aryl methyl sites for hydroxylation is 1. The Morgan fingerprint density at radius 1 is 1.13 bits per heavy atom. The minimum absolute atomic E-state index is 0.125. The fraction of sp³-hybridized carbons (Fsp3) is 0.190. The molecule has 1 amide bonds. The lowest BCUT2D eigenvalue weighted by Gasteiger charge is -2.08. The average Bonchev–Trinajstić information content (AvgIpc) is 3.05. The van der Waals surface area contributed by atoms with Gasteiger partial charge in [0, 0.05) is 11.4 Å². The largest absolute Gasteiger partial charge is 0.508 e. The van der Waals surface area contributed by atoms with Gasteiger partial charge in [0.05, 0.1) is 12.2 Å². The van der Waals surface area contributed by atoms with Gasteiger partial charge >= 0.3 is 5.97 Å². The number of benzene rings is 2. The molecule has 3 aromatic rings. The third kappa shape index (κ3) is 4.36. The Balaban J connectivity index is 2.06. The van der Waals surface area contributed by atoms with Crippen molar-refractivity contribution in [2.45, 2.75) is 20.8 Å². The van der Waals surface area contributed by atoms with Crippen molar-refractivity contribution in [2.24, 2.45) is 5.10 Å². The maximum atomic E-state index is 12.4. The summed E-state index contributed by atoms with van der Waals surface area (Å²) in [5.74, 6) is -1.63. The second kappa shape index (κ2) is 8.83. The van der Waals surface area contributed by atoms with Gasteiger partial charge in [0.1, 0.15) is 16.4 Å². The normalized spacial score (nSPS) is 11.4. The molecule has 0 saturated heterocycles. The predicted molar refractivity (Wildman–Crippen MR) is 112 cm³/mol. The molecule has 0 spiro atoms. The van der Waals surface area contributed by atoms with Gasteiger partial charge in [0.15, 0.2) is 0 Å². The molecular formula is C21H21N3O5S. The van der Waals surface area contributed by atoms with Crippen LogP contribution in [0.3, 0.4) is 0 Å². The smallest absolute Gasteiger partial charge is 0.350 e. The second-order valence-corrected chi connectivity index (χ2v) is 7.42. The molecular weight excluding hydrogens is 406 g/mol. The van der Waals surface area contributed by atoms with E-state index in [-0.39, 0.29) is 23.7 Å². The zero-order chi connectivity index (χ0) is 21.8. The van der Waals surface area contributed by atoms with Gasteiger partial charge in [-0.05, 0) is 51.1 Å². The lowest BCUT2D eigenvalue weighted by molar-refractivity contribution is 0.0530. The summed E-state index contributed by atoms with van der Waals surface area (Å²) >= 11 is 1.07. The maximum Gasteiger partial charge on any atom is 0.350 e. The SMILES string of the molecule is CCOC(=O)c1s/c(=N/NC(=O)c2cc(O)ccc2O)n(-c2ccc(C)cc2)c1C. The molecule has 9 heteroatoms. The van der Waals surface area contributed by atoms with E-state index in [0.717, 1.165) is 28.7 Å². The molecule has 8 nitrogen and oxygen atoms in total. The van der Waals surface area contributed by atoms with Crippen molar-refractivity contribution in [3.63, 3.8) is 0 Å². The molecule has 0 aliphatic carbocycles. The van der Waals surface area contributed by atoms with Gasteiger partial charge in [-0.3, -0.25) is 9.36 Å². The van der Waals surface area contributed by atoms with Crippen molar-refractivity contribution >= 4 is 23.2 Å². The number of aromatic nitrogens is 1. The van der Waals surface area contributed by atoms with Gasteiger partial charge < -0.3 is 14.9 Å². The summed E-state index contributed by atoms with van der Waals surface area (Å²) in [6, 6.07) is 11.2. The van der Waals surface area contributed by atoms with Gasteiger partial charge in [-0.25, -0.2) is 10.2 Å². The number of thiazole rings is 1.